The summed E-state index contributed by atoms with van der Waals surface area (Å²) in [6.07, 6.45) is 2.05. The third-order valence-electron chi connectivity index (χ3n) is 2.86. The van der Waals surface area contributed by atoms with Gasteiger partial charge in [-0.25, -0.2) is 9.97 Å². The molecule has 0 aliphatic carbocycles. The number of methoxy groups -OCH3 is 2. The van der Waals surface area contributed by atoms with E-state index in [0.29, 0.717) is 0 Å². The quantitative estimate of drug-likeness (QED) is 0.334. The molecule has 2 heterocycles. The van der Waals surface area contributed by atoms with Crippen molar-refractivity contribution in [2.45, 2.75) is 26.7 Å². The van der Waals surface area contributed by atoms with E-state index >= 15 is 0 Å². The van der Waals surface area contributed by atoms with Gasteiger partial charge in [0.1, 0.15) is 0 Å². The van der Waals surface area contributed by atoms with Crippen LogP contribution in [0, 0.1) is 13.8 Å². The van der Waals surface area contributed by atoms with E-state index < -0.39 is 0 Å². The first-order valence-corrected chi connectivity index (χ1v) is 8.32. The topological polar surface area (TPSA) is 46.7 Å². The molecule has 0 aromatic carbocycles. The van der Waals surface area contributed by atoms with E-state index in [1.54, 1.807) is 36.9 Å². The number of hydrogen-bond donors (Lipinski definition) is 0. The first-order valence-electron chi connectivity index (χ1n) is 6.56. The summed E-state index contributed by atoms with van der Waals surface area (Å²) in [5.41, 5.74) is 6.53. The molecular weight excluding hydrogens is 546 g/mol. The van der Waals surface area contributed by atoms with E-state index in [1.165, 1.54) is 21.1 Å². The highest BCUT2D eigenvalue weighted by atomic mass is 127. The van der Waals surface area contributed by atoms with Crippen molar-refractivity contribution in [2.24, 2.45) is 0 Å². The number of ether oxygens (including phenoxy) is 2. The second-order valence-corrected chi connectivity index (χ2v) is 6.27. The minimum Gasteiger partial charge on any atom is -1.00 e. The van der Waals surface area contributed by atoms with E-state index in [2.05, 4.69) is 23.8 Å². The summed E-state index contributed by atoms with van der Waals surface area (Å²) in [5, 5.41) is 0. The lowest BCUT2D eigenvalue weighted by Crippen LogP contribution is -3.00. The molecule has 0 radical (unpaired) electrons. The molecule has 0 spiro atoms. The van der Waals surface area contributed by atoms with Crippen LogP contribution in [-0.4, -0.2) is 27.4 Å². The second-order valence-electron chi connectivity index (χ2n) is 4.34. The van der Waals surface area contributed by atoms with Gasteiger partial charge in [-0.05, 0) is 0 Å². The molecule has 0 aliphatic heterocycles. The zero-order chi connectivity index (χ0) is 14.8. The van der Waals surface area contributed by atoms with Crippen LogP contribution in [0.1, 0.15) is 21.1 Å². The number of nitrogens with one attached hydrogen (secondary N) is 2. The van der Waals surface area contributed by atoms with Crippen LogP contribution in [0.2, 0.25) is 0 Å². The van der Waals surface area contributed by atoms with Gasteiger partial charge in [0, 0.05) is 40.9 Å². The number of rotatable bonds is 6. The van der Waals surface area contributed by atoms with E-state index in [1.807, 2.05) is 11.0 Å². The van der Waals surface area contributed by atoms with Crippen LogP contribution >= 0.6 is 22.7 Å². The lowest BCUT2D eigenvalue weighted by atomic mass is 10.3. The van der Waals surface area contributed by atoms with Crippen LogP contribution in [0.4, 0.5) is 0 Å². The summed E-state index contributed by atoms with van der Waals surface area (Å²) < 4.78 is 9.93. The van der Waals surface area contributed by atoms with Gasteiger partial charge in [0.15, 0.2) is 11.4 Å². The monoisotopic (exact) mass is 570 g/mol. The zero-order valence-corrected chi connectivity index (χ0v) is 19.3. The molecule has 0 saturated heterocycles. The van der Waals surface area contributed by atoms with Gasteiger partial charge in [-0.2, -0.15) is 0 Å². The Morgan fingerprint density at radius 3 is 1.41 bits per heavy atom. The summed E-state index contributed by atoms with van der Waals surface area (Å²) in [6, 6.07) is 0. The molecule has 0 bridgehead atoms. The van der Waals surface area contributed by atoms with Gasteiger partial charge in [-0.3, -0.25) is 0 Å². The van der Waals surface area contributed by atoms with Gasteiger partial charge in [-0.1, -0.05) is 22.7 Å². The van der Waals surface area contributed by atoms with Gasteiger partial charge < -0.3 is 57.4 Å². The van der Waals surface area contributed by atoms with E-state index in [-0.39, 0.29) is 48.0 Å². The smallest absolute Gasteiger partial charge is 0.223 e. The molecular formula is C14H24I2N2O2S2. The molecule has 0 amide bonds. The third kappa shape index (κ3) is 9.71. The predicted molar refractivity (Wildman–Crippen MR) is 82.4 cm³/mol. The van der Waals surface area contributed by atoms with Crippen molar-refractivity contribution in [1.82, 2.24) is 0 Å². The molecule has 0 unspecified atom stereocenters. The van der Waals surface area contributed by atoms with Crippen molar-refractivity contribution < 1.29 is 67.4 Å². The molecule has 8 heteroatoms. The first kappa shape index (κ1) is 24.9. The average molecular weight is 570 g/mol. The van der Waals surface area contributed by atoms with E-state index in [4.69, 9.17) is 9.47 Å². The number of thiazole rings is 2. The average Bonchev–Trinajstić information content (AvgIpc) is 3.04. The van der Waals surface area contributed by atoms with Gasteiger partial charge >= 0.3 is 0 Å². The first-order chi connectivity index (χ1) is 9.69. The fraction of sp³-hybridized carbons (Fsp3) is 0.571. The Balaban J connectivity index is 0. The van der Waals surface area contributed by atoms with E-state index in [0.717, 1.165) is 26.1 Å². The number of aromatic nitrogens is 2. The Kier molecular flexibility index (Phi) is 17.2. The molecule has 0 aliphatic rings. The Bertz CT molecular complexity index is 448. The summed E-state index contributed by atoms with van der Waals surface area (Å²) >= 11 is 3.51. The Morgan fingerprint density at radius 2 is 1.18 bits per heavy atom. The summed E-state index contributed by atoms with van der Waals surface area (Å²) in [5.74, 6) is 0. The number of halogens is 2. The van der Waals surface area contributed by atoms with Crippen molar-refractivity contribution in [1.29, 1.82) is 0 Å². The number of aromatic amines is 2. The van der Waals surface area contributed by atoms with Crippen molar-refractivity contribution in [3.05, 3.63) is 32.2 Å². The van der Waals surface area contributed by atoms with Gasteiger partial charge in [0.25, 0.3) is 0 Å². The SMILES string of the molecule is COCCc1sc[nH+]c1C.COCCc1sc[nH+]c1C.[I-].[I-]. The van der Waals surface area contributed by atoms with Gasteiger partial charge in [0.05, 0.1) is 23.0 Å². The maximum atomic E-state index is 4.96. The third-order valence-corrected chi connectivity index (χ3v) is 4.92. The summed E-state index contributed by atoms with van der Waals surface area (Å²) in [6.45, 7) is 5.80. The molecule has 2 rings (SSSR count). The highest BCUT2D eigenvalue weighted by Crippen LogP contribution is 2.09. The van der Waals surface area contributed by atoms with Gasteiger partial charge in [0.2, 0.25) is 11.0 Å². The van der Waals surface area contributed by atoms with Crippen molar-refractivity contribution >= 4 is 22.7 Å². The summed E-state index contributed by atoms with van der Waals surface area (Å²) in [4.78, 5) is 9.06. The Morgan fingerprint density at radius 1 is 0.818 bits per heavy atom. The minimum absolute atomic E-state index is 0. The second kappa shape index (κ2) is 15.2. The lowest BCUT2D eigenvalue weighted by molar-refractivity contribution is -0.381. The van der Waals surface area contributed by atoms with Crippen LogP contribution in [-0.2, 0) is 22.3 Å². The highest BCUT2D eigenvalue weighted by molar-refractivity contribution is 7.09. The van der Waals surface area contributed by atoms with Crippen LogP contribution in [0.15, 0.2) is 11.0 Å². The van der Waals surface area contributed by atoms with Crippen LogP contribution < -0.4 is 57.9 Å². The largest absolute Gasteiger partial charge is 1.00 e. The molecule has 2 N–H and O–H groups in total. The van der Waals surface area contributed by atoms with Crippen LogP contribution in [0.5, 0.6) is 0 Å². The maximum absolute atomic E-state index is 4.96. The normalized spacial score (nSPS) is 9.27. The fourth-order valence-corrected chi connectivity index (χ4v) is 3.23. The number of H-pyrrole nitrogens is 2. The Labute approximate surface area is 175 Å². The van der Waals surface area contributed by atoms with Crippen molar-refractivity contribution in [3.8, 4) is 0 Å². The standard InChI is InChI=1S/2C7H11NOS.2HI/c2*1-6-7(3-4-9-2)10-5-8-6;;/h2*5H,3-4H2,1-2H3;2*1H. The van der Waals surface area contributed by atoms with Gasteiger partial charge in [-0.15, -0.1) is 0 Å². The molecule has 0 atom stereocenters. The molecule has 128 valence electrons. The highest BCUT2D eigenvalue weighted by Gasteiger charge is 2.05. The van der Waals surface area contributed by atoms with Crippen molar-refractivity contribution in [2.75, 3.05) is 27.4 Å². The molecule has 4 nitrogen and oxygen atoms in total. The molecule has 2 aromatic heterocycles. The Hall–Kier alpha value is 0.640. The van der Waals surface area contributed by atoms with E-state index in [9.17, 15) is 0 Å². The zero-order valence-electron chi connectivity index (χ0n) is 13.4. The van der Waals surface area contributed by atoms with Crippen LogP contribution in [0.25, 0.3) is 0 Å². The van der Waals surface area contributed by atoms with Crippen LogP contribution in [0.3, 0.4) is 0 Å². The molecule has 2 aromatic rings. The molecule has 0 saturated carbocycles. The number of aryl methyl sites for hydroxylation is 2. The maximum Gasteiger partial charge on any atom is 0.223 e. The lowest BCUT2D eigenvalue weighted by Gasteiger charge is -1.92. The summed E-state index contributed by atoms with van der Waals surface area (Å²) in [7, 11) is 3.46. The molecule has 0 fully saturated rings. The minimum atomic E-state index is 0. The van der Waals surface area contributed by atoms with Crippen molar-refractivity contribution in [3.63, 3.8) is 0 Å². The predicted octanol–water partition coefficient (Wildman–Crippen LogP) is -3.87. The molecule has 22 heavy (non-hydrogen) atoms. The fourth-order valence-electron chi connectivity index (χ4n) is 1.60. The number of hydrogen-bond acceptors (Lipinski definition) is 4.